The molecule has 0 aromatic carbocycles. The summed E-state index contributed by atoms with van der Waals surface area (Å²) in [5, 5.41) is 0. The Kier molecular flexibility index (Phi) is 3.80. The van der Waals surface area contributed by atoms with E-state index < -0.39 is 37.3 Å². The van der Waals surface area contributed by atoms with Crippen LogP contribution in [0.5, 0.6) is 0 Å². The second-order valence-electron chi connectivity index (χ2n) is 2.84. The number of alkyl halides is 7. The van der Waals surface area contributed by atoms with Gasteiger partial charge in [0.05, 0.1) is 6.42 Å². The van der Waals surface area contributed by atoms with Crippen molar-refractivity contribution in [1.82, 2.24) is 0 Å². The van der Waals surface area contributed by atoms with E-state index in [0.717, 1.165) is 0 Å². The highest BCUT2D eigenvalue weighted by Gasteiger charge is 2.61. The smallest absolute Gasteiger partial charge is 0.207 e. The molecule has 0 N–H and O–H groups in total. The van der Waals surface area contributed by atoms with Crippen molar-refractivity contribution in [2.75, 3.05) is 0 Å². The molecular formula is C7H8F7. The monoisotopic (exact) mass is 225 g/mol. The molecule has 0 heterocycles. The molecule has 0 saturated heterocycles. The van der Waals surface area contributed by atoms with Crippen LogP contribution in [0.1, 0.15) is 19.3 Å². The Morgan fingerprint density at radius 1 is 0.857 bits per heavy atom. The summed E-state index contributed by atoms with van der Waals surface area (Å²) in [6, 6.07) is 0. The molecule has 7 heteroatoms. The van der Waals surface area contributed by atoms with Crippen LogP contribution in [0.2, 0.25) is 0 Å². The highest BCUT2D eigenvalue weighted by atomic mass is 19.4. The van der Waals surface area contributed by atoms with Crippen LogP contribution in [-0.2, 0) is 0 Å². The second kappa shape index (κ2) is 3.94. The summed E-state index contributed by atoms with van der Waals surface area (Å²) in [6.07, 6.45) is -9.93. The zero-order valence-electron chi connectivity index (χ0n) is 6.97. The van der Waals surface area contributed by atoms with Crippen molar-refractivity contribution in [3.63, 3.8) is 0 Å². The predicted molar refractivity (Wildman–Crippen MR) is 35.2 cm³/mol. The summed E-state index contributed by atoms with van der Waals surface area (Å²) < 4.78 is 83.6. The summed E-state index contributed by atoms with van der Waals surface area (Å²) in [7, 11) is 0. The Labute approximate surface area is 76.1 Å². The molecule has 0 aromatic rings. The topological polar surface area (TPSA) is 0 Å². The molecular weight excluding hydrogens is 217 g/mol. The van der Waals surface area contributed by atoms with Crippen molar-refractivity contribution in [2.45, 2.75) is 37.3 Å². The highest BCUT2D eigenvalue weighted by Crippen LogP contribution is 2.43. The molecule has 0 atom stereocenters. The van der Waals surface area contributed by atoms with Gasteiger partial charge in [-0.25, -0.2) is 8.78 Å². The number of halogens is 7. The van der Waals surface area contributed by atoms with E-state index in [2.05, 4.69) is 6.92 Å². The predicted octanol–water partition coefficient (Wildman–Crippen LogP) is 3.82. The number of hydrogen-bond donors (Lipinski definition) is 0. The van der Waals surface area contributed by atoms with Gasteiger partial charge in [-0.2, -0.15) is 22.0 Å². The number of hydrogen-bond acceptors (Lipinski definition) is 0. The normalized spacial score (nSPS) is 14.6. The lowest BCUT2D eigenvalue weighted by atomic mass is 10.1. The third-order valence-corrected chi connectivity index (χ3v) is 1.44. The first-order valence-electron chi connectivity index (χ1n) is 3.63. The molecule has 0 aliphatic heterocycles. The average molecular weight is 225 g/mol. The van der Waals surface area contributed by atoms with Gasteiger partial charge in [0.2, 0.25) is 0 Å². The first-order chi connectivity index (χ1) is 6.02. The second-order valence-corrected chi connectivity index (χ2v) is 2.84. The van der Waals surface area contributed by atoms with Gasteiger partial charge in [0.1, 0.15) is 0 Å². The lowest BCUT2D eigenvalue weighted by Crippen LogP contribution is -2.41. The molecule has 0 aromatic heterocycles. The van der Waals surface area contributed by atoms with Crippen molar-refractivity contribution in [2.24, 2.45) is 0 Å². The molecule has 0 nitrogen and oxygen atoms in total. The lowest BCUT2D eigenvalue weighted by Gasteiger charge is -2.24. The molecule has 0 bridgehead atoms. The molecule has 0 spiro atoms. The van der Waals surface area contributed by atoms with E-state index in [1.54, 1.807) is 0 Å². The van der Waals surface area contributed by atoms with E-state index in [1.165, 1.54) is 0 Å². The van der Waals surface area contributed by atoms with Crippen molar-refractivity contribution in [3.8, 4) is 0 Å². The lowest BCUT2D eigenvalue weighted by molar-refractivity contribution is -0.300. The summed E-state index contributed by atoms with van der Waals surface area (Å²) in [5.41, 5.74) is 0. The van der Waals surface area contributed by atoms with Gasteiger partial charge in [-0.05, 0) is 6.42 Å². The van der Waals surface area contributed by atoms with E-state index in [0.29, 0.717) is 0 Å². The van der Waals surface area contributed by atoms with Gasteiger partial charge in [0.15, 0.2) is 0 Å². The van der Waals surface area contributed by atoms with Crippen molar-refractivity contribution in [3.05, 3.63) is 6.92 Å². The van der Waals surface area contributed by atoms with Crippen molar-refractivity contribution < 1.29 is 30.7 Å². The van der Waals surface area contributed by atoms with Crippen LogP contribution in [0, 0.1) is 6.92 Å². The van der Waals surface area contributed by atoms with E-state index >= 15 is 0 Å². The molecule has 0 amide bonds. The minimum absolute atomic E-state index is 0.402. The fourth-order valence-corrected chi connectivity index (χ4v) is 0.772. The van der Waals surface area contributed by atoms with Crippen LogP contribution < -0.4 is 0 Å². The van der Waals surface area contributed by atoms with Crippen LogP contribution in [0.4, 0.5) is 30.7 Å². The Morgan fingerprint density at radius 2 is 1.29 bits per heavy atom. The summed E-state index contributed by atoms with van der Waals surface area (Å²) in [5.74, 6) is -9.40. The van der Waals surface area contributed by atoms with Crippen LogP contribution in [0.15, 0.2) is 0 Å². The summed E-state index contributed by atoms with van der Waals surface area (Å²) in [6.45, 7) is 2.96. The highest BCUT2D eigenvalue weighted by molar-refractivity contribution is 4.83. The van der Waals surface area contributed by atoms with Gasteiger partial charge in [0.25, 0.3) is 5.92 Å². The van der Waals surface area contributed by atoms with E-state index in [-0.39, 0.29) is 0 Å². The molecule has 85 valence electrons. The molecule has 0 fully saturated rings. The zero-order chi connectivity index (χ0) is 11.6. The fraction of sp³-hybridized carbons (Fsp3) is 0.857. The third kappa shape index (κ3) is 3.71. The zero-order valence-corrected chi connectivity index (χ0v) is 6.97. The number of rotatable bonds is 4. The maximum absolute atomic E-state index is 12.4. The first kappa shape index (κ1) is 13.5. The average Bonchev–Trinajstić information content (AvgIpc) is 1.80. The molecule has 0 aliphatic rings. The summed E-state index contributed by atoms with van der Waals surface area (Å²) in [4.78, 5) is 0. The van der Waals surface area contributed by atoms with Gasteiger partial charge < -0.3 is 0 Å². The largest absolute Gasteiger partial charge is 0.453 e. The third-order valence-electron chi connectivity index (χ3n) is 1.44. The van der Waals surface area contributed by atoms with Crippen molar-refractivity contribution >= 4 is 0 Å². The first-order valence-corrected chi connectivity index (χ1v) is 3.63. The maximum atomic E-state index is 12.4. The molecule has 0 saturated carbocycles. The molecule has 0 unspecified atom stereocenters. The van der Waals surface area contributed by atoms with Crippen LogP contribution in [0.25, 0.3) is 0 Å². The Balaban J connectivity index is 4.50. The Bertz CT molecular complexity index is 181. The molecule has 0 rings (SSSR count). The SMILES string of the molecule is [CH2]CCC(F)(F)CC(F)(F)C(F)(F)F. The van der Waals surface area contributed by atoms with Gasteiger partial charge in [-0.3, -0.25) is 0 Å². The van der Waals surface area contributed by atoms with Crippen LogP contribution >= 0.6 is 0 Å². The van der Waals surface area contributed by atoms with Gasteiger partial charge in [0, 0.05) is 6.42 Å². The fourth-order valence-electron chi connectivity index (χ4n) is 0.772. The molecule has 0 aliphatic carbocycles. The standard InChI is InChI=1S/C7H8F7/c1-2-3-5(8,9)4-6(10,11)7(12,13)14/h1-4H2. The van der Waals surface area contributed by atoms with E-state index in [1.807, 2.05) is 0 Å². The molecule has 1 radical (unpaired) electrons. The minimum Gasteiger partial charge on any atom is -0.207 e. The van der Waals surface area contributed by atoms with E-state index in [9.17, 15) is 30.7 Å². The molecule has 14 heavy (non-hydrogen) atoms. The van der Waals surface area contributed by atoms with Gasteiger partial charge in [-0.1, -0.05) is 6.92 Å². The Hall–Kier alpha value is -0.490. The van der Waals surface area contributed by atoms with Gasteiger partial charge >= 0.3 is 12.1 Å². The van der Waals surface area contributed by atoms with Gasteiger partial charge in [-0.15, -0.1) is 0 Å². The quantitative estimate of drug-likeness (QED) is 0.638. The maximum Gasteiger partial charge on any atom is 0.453 e. The van der Waals surface area contributed by atoms with Crippen molar-refractivity contribution in [1.29, 1.82) is 0 Å². The van der Waals surface area contributed by atoms with Crippen LogP contribution in [0.3, 0.4) is 0 Å². The van der Waals surface area contributed by atoms with E-state index in [4.69, 9.17) is 0 Å². The minimum atomic E-state index is -5.93. The summed E-state index contributed by atoms with van der Waals surface area (Å²) >= 11 is 0. The van der Waals surface area contributed by atoms with Crippen LogP contribution in [-0.4, -0.2) is 18.0 Å². The Morgan fingerprint density at radius 3 is 1.57 bits per heavy atom.